The van der Waals surface area contributed by atoms with E-state index in [4.69, 9.17) is 4.74 Å². The highest BCUT2D eigenvalue weighted by molar-refractivity contribution is 6.00. The summed E-state index contributed by atoms with van der Waals surface area (Å²) in [4.78, 5) is 37.7. The Kier molecular flexibility index (Phi) is 5.49. The van der Waals surface area contributed by atoms with Gasteiger partial charge >= 0.3 is 5.97 Å². The first-order valence-corrected chi connectivity index (χ1v) is 8.51. The van der Waals surface area contributed by atoms with Crippen molar-refractivity contribution in [3.05, 3.63) is 59.9 Å². The Morgan fingerprint density at radius 1 is 1.22 bits per heavy atom. The molecule has 140 valence electrons. The summed E-state index contributed by atoms with van der Waals surface area (Å²) in [5.41, 5.74) is 2.14. The number of anilines is 2. The van der Waals surface area contributed by atoms with E-state index in [1.807, 2.05) is 19.1 Å². The number of halogens is 1. The number of hydrogen-bond acceptors (Lipinski definition) is 4. The van der Waals surface area contributed by atoms with Gasteiger partial charge in [0.2, 0.25) is 5.91 Å². The Balaban J connectivity index is 1.52. The van der Waals surface area contributed by atoms with Crippen molar-refractivity contribution >= 4 is 29.2 Å². The molecule has 0 radical (unpaired) electrons. The van der Waals surface area contributed by atoms with Crippen LogP contribution in [0.2, 0.25) is 0 Å². The number of nitrogens with zero attached hydrogens (tertiary/aromatic N) is 1. The third-order valence-corrected chi connectivity index (χ3v) is 4.24. The van der Waals surface area contributed by atoms with E-state index >= 15 is 0 Å². The quantitative estimate of drug-likeness (QED) is 0.821. The van der Waals surface area contributed by atoms with Crippen molar-refractivity contribution in [2.45, 2.75) is 13.3 Å². The second-order valence-corrected chi connectivity index (χ2v) is 6.41. The van der Waals surface area contributed by atoms with Gasteiger partial charge in [-0.2, -0.15) is 0 Å². The molecule has 2 aromatic rings. The van der Waals surface area contributed by atoms with Gasteiger partial charge in [-0.25, -0.2) is 4.39 Å². The topological polar surface area (TPSA) is 75.7 Å². The fourth-order valence-electron chi connectivity index (χ4n) is 2.91. The number of carbonyl (C=O) groups is 3. The molecule has 0 aliphatic carbocycles. The standard InChI is InChI=1S/C20H19FN2O4/c1-13-3-2-4-16(9-13)22-18(24)12-27-20(26)14-10-19(25)23(11-14)17-7-5-15(21)6-8-17/h2-9,14H,10-12H2,1H3,(H,22,24)/t14-/m1/s1. The summed E-state index contributed by atoms with van der Waals surface area (Å²) < 4.78 is 18.1. The lowest BCUT2D eigenvalue weighted by atomic mass is 10.1. The van der Waals surface area contributed by atoms with Crippen LogP contribution in [0.15, 0.2) is 48.5 Å². The molecule has 6 nitrogen and oxygen atoms in total. The number of aryl methyl sites for hydroxylation is 1. The van der Waals surface area contributed by atoms with E-state index in [1.54, 1.807) is 12.1 Å². The summed E-state index contributed by atoms with van der Waals surface area (Å²) in [5.74, 6) is -2.36. The summed E-state index contributed by atoms with van der Waals surface area (Å²) in [6.45, 7) is 1.62. The molecule has 27 heavy (non-hydrogen) atoms. The monoisotopic (exact) mass is 370 g/mol. The third kappa shape index (κ3) is 4.69. The second kappa shape index (κ2) is 7.99. The predicted octanol–water partition coefficient (Wildman–Crippen LogP) is 2.67. The minimum absolute atomic E-state index is 0.00426. The minimum Gasteiger partial charge on any atom is -0.455 e. The summed E-state index contributed by atoms with van der Waals surface area (Å²) in [6.07, 6.45) is -0.00426. The number of nitrogens with one attached hydrogen (secondary N) is 1. The largest absolute Gasteiger partial charge is 0.455 e. The first-order valence-electron chi connectivity index (χ1n) is 8.51. The molecule has 1 aliphatic heterocycles. The number of esters is 1. The molecule has 0 saturated carbocycles. The first kappa shape index (κ1) is 18.6. The number of ether oxygens (including phenoxy) is 1. The zero-order valence-electron chi connectivity index (χ0n) is 14.8. The van der Waals surface area contributed by atoms with Gasteiger partial charge in [-0.05, 0) is 48.9 Å². The van der Waals surface area contributed by atoms with Crippen LogP contribution >= 0.6 is 0 Å². The van der Waals surface area contributed by atoms with Gasteiger partial charge in [-0.3, -0.25) is 14.4 Å². The van der Waals surface area contributed by atoms with Crippen molar-refractivity contribution in [1.82, 2.24) is 0 Å². The lowest BCUT2D eigenvalue weighted by Crippen LogP contribution is -2.28. The van der Waals surface area contributed by atoms with Gasteiger partial charge in [0.05, 0.1) is 5.92 Å². The van der Waals surface area contributed by atoms with Crippen molar-refractivity contribution in [2.24, 2.45) is 5.92 Å². The zero-order chi connectivity index (χ0) is 19.4. The molecule has 0 unspecified atom stereocenters. The zero-order valence-corrected chi connectivity index (χ0v) is 14.8. The Labute approximate surface area is 155 Å². The fourth-order valence-corrected chi connectivity index (χ4v) is 2.91. The number of benzene rings is 2. The molecule has 7 heteroatoms. The number of carbonyl (C=O) groups excluding carboxylic acids is 3. The first-order chi connectivity index (χ1) is 12.9. The van der Waals surface area contributed by atoms with Crippen molar-refractivity contribution in [3.63, 3.8) is 0 Å². The minimum atomic E-state index is -0.658. The highest BCUT2D eigenvalue weighted by atomic mass is 19.1. The normalized spacial score (nSPS) is 16.3. The summed E-state index contributed by atoms with van der Waals surface area (Å²) in [6, 6.07) is 12.7. The molecule has 1 N–H and O–H groups in total. The highest BCUT2D eigenvalue weighted by Gasteiger charge is 2.36. The lowest BCUT2D eigenvalue weighted by Gasteiger charge is -2.16. The third-order valence-electron chi connectivity index (χ3n) is 4.24. The molecule has 0 aromatic heterocycles. The van der Waals surface area contributed by atoms with Crippen molar-refractivity contribution in [2.75, 3.05) is 23.4 Å². The Bertz CT molecular complexity index is 867. The van der Waals surface area contributed by atoms with Crippen LogP contribution in [0.25, 0.3) is 0 Å². The molecule has 0 bridgehead atoms. The molecule has 1 fully saturated rings. The van der Waals surface area contributed by atoms with E-state index in [0.717, 1.165) is 5.56 Å². The van der Waals surface area contributed by atoms with Gasteiger partial charge < -0.3 is 15.0 Å². The maximum Gasteiger partial charge on any atom is 0.311 e. The summed E-state index contributed by atoms with van der Waals surface area (Å²) in [5, 5.41) is 2.65. The molecule has 1 aliphatic rings. The smallest absolute Gasteiger partial charge is 0.311 e. The van der Waals surface area contributed by atoms with Gasteiger partial charge in [0.1, 0.15) is 5.82 Å². The number of rotatable bonds is 5. The van der Waals surface area contributed by atoms with Crippen LogP contribution in [0.3, 0.4) is 0 Å². The molecular formula is C20H19FN2O4. The van der Waals surface area contributed by atoms with Crippen molar-refractivity contribution in [1.29, 1.82) is 0 Å². The molecule has 0 spiro atoms. The van der Waals surface area contributed by atoms with Crippen LogP contribution in [0.4, 0.5) is 15.8 Å². The second-order valence-electron chi connectivity index (χ2n) is 6.41. The van der Waals surface area contributed by atoms with Gasteiger partial charge in [0.15, 0.2) is 6.61 Å². The number of hydrogen-bond donors (Lipinski definition) is 1. The van der Waals surface area contributed by atoms with E-state index in [0.29, 0.717) is 11.4 Å². The van der Waals surface area contributed by atoms with Gasteiger partial charge in [0.25, 0.3) is 5.91 Å². The van der Waals surface area contributed by atoms with E-state index in [1.165, 1.54) is 29.2 Å². The van der Waals surface area contributed by atoms with E-state index in [-0.39, 0.29) is 18.9 Å². The summed E-state index contributed by atoms with van der Waals surface area (Å²) in [7, 11) is 0. The van der Waals surface area contributed by atoms with Crippen LogP contribution < -0.4 is 10.2 Å². The molecule has 1 atom stereocenters. The van der Waals surface area contributed by atoms with Crippen LogP contribution in [0, 0.1) is 18.7 Å². The average molecular weight is 370 g/mol. The van der Waals surface area contributed by atoms with Crippen molar-refractivity contribution in [3.8, 4) is 0 Å². The lowest BCUT2D eigenvalue weighted by molar-refractivity contribution is -0.151. The highest BCUT2D eigenvalue weighted by Crippen LogP contribution is 2.26. The van der Waals surface area contributed by atoms with Crippen LogP contribution in [0.1, 0.15) is 12.0 Å². The van der Waals surface area contributed by atoms with Crippen LogP contribution in [0.5, 0.6) is 0 Å². The van der Waals surface area contributed by atoms with Crippen LogP contribution in [-0.2, 0) is 19.1 Å². The molecule has 2 aromatic carbocycles. The van der Waals surface area contributed by atoms with Gasteiger partial charge in [-0.15, -0.1) is 0 Å². The maximum absolute atomic E-state index is 13.0. The number of amides is 2. The van der Waals surface area contributed by atoms with Crippen molar-refractivity contribution < 1.29 is 23.5 Å². The molecule has 1 saturated heterocycles. The SMILES string of the molecule is Cc1cccc(NC(=O)COC(=O)[C@@H]2CC(=O)N(c3ccc(F)cc3)C2)c1. The summed E-state index contributed by atoms with van der Waals surface area (Å²) >= 11 is 0. The van der Waals surface area contributed by atoms with Crippen LogP contribution in [-0.4, -0.2) is 30.9 Å². The Hall–Kier alpha value is -3.22. The van der Waals surface area contributed by atoms with E-state index < -0.39 is 30.2 Å². The Morgan fingerprint density at radius 3 is 2.67 bits per heavy atom. The van der Waals surface area contributed by atoms with Gasteiger partial charge in [0, 0.05) is 24.3 Å². The Morgan fingerprint density at radius 2 is 1.96 bits per heavy atom. The molecule has 2 amide bonds. The fraction of sp³-hybridized carbons (Fsp3) is 0.250. The average Bonchev–Trinajstić information content (AvgIpc) is 3.02. The van der Waals surface area contributed by atoms with E-state index in [2.05, 4.69) is 5.32 Å². The maximum atomic E-state index is 13.0. The molecule has 3 rings (SSSR count). The molecular weight excluding hydrogens is 351 g/mol. The predicted molar refractivity (Wildman–Crippen MR) is 97.6 cm³/mol. The van der Waals surface area contributed by atoms with E-state index in [9.17, 15) is 18.8 Å². The van der Waals surface area contributed by atoms with Gasteiger partial charge in [-0.1, -0.05) is 12.1 Å². The molecule has 1 heterocycles.